The molecule has 6 heteroatoms. The van der Waals surface area contributed by atoms with Crippen molar-refractivity contribution in [3.63, 3.8) is 0 Å². The van der Waals surface area contributed by atoms with Gasteiger partial charge in [0.2, 0.25) is 0 Å². The molecule has 4 N–H and O–H groups in total. The molecule has 0 fully saturated rings. The van der Waals surface area contributed by atoms with Gasteiger partial charge in [-0.25, -0.2) is 4.79 Å². The van der Waals surface area contributed by atoms with E-state index in [1.54, 1.807) is 0 Å². The Morgan fingerprint density at radius 1 is 1.00 bits per heavy atom. The fourth-order valence-corrected chi connectivity index (χ4v) is 1.55. The van der Waals surface area contributed by atoms with E-state index in [1.807, 2.05) is 0 Å². The molecule has 0 aromatic rings. The molecule has 0 radical (unpaired) electrons. The van der Waals surface area contributed by atoms with Crippen molar-refractivity contribution in [1.82, 2.24) is 0 Å². The van der Waals surface area contributed by atoms with Gasteiger partial charge in [0.15, 0.2) is 0 Å². The molecule has 0 aromatic heterocycles. The fourth-order valence-electron chi connectivity index (χ4n) is 1.55. The molecular weight excluding hydrogens is 228 g/mol. The summed E-state index contributed by atoms with van der Waals surface area (Å²) in [6, 6.07) is 0. The third-order valence-electron chi connectivity index (χ3n) is 2.10. The molecule has 0 amide bonds. The number of carbonyl (C=O) groups is 2. The summed E-state index contributed by atoms with van der Waals surface area (Å²) in [4.78, 5) is 21.5. The minimum Gasteiger partial charge on any atom is -0.481 e. The lowest BCUT2D eigenvalue weighted by Gasteiger charge is -2.15. The van der Waals surface area contributed by atoms with Gasteiger partial charge in [0.25, 0.3) is 0 Å². The van der Waals surface area contributed by atoms with Gasteiger partial charge >= 0.3 is 11.9 Å². The summed E-state index contributed by atoms with van der Waals surface area (Å²) >= 11 is 0. The van der Waals surface area contributed by atoms with Crippen molar-refractivity contribution in [3.05, 3.63) is 11.1 Å². The van der Waals surface area contributed by atoms with Gasteiger partial charge in [-0.1, -0.05) is 5.57 Å². The Morgan fingerprint density at radius 3 is 1.65 bits per heavy atom. The quantitative estimate of drug-likeness (QED) is 0.483. The van der Waals surface area contributed by atoms with E-state index in [4.69, 9.17) is 10.2 Å². The number of aliphatic carboxylic acids is 2. The van der Waals surface area contributed by atoms with E-state index in [2.05, 4.69) is 0 Å². The summed E-state index contributed by atoms with van der Waals surface area (Å²) in [6.45, 7) is 2.95. The van der Waals surface area contributed by atoms with E-state index in [9.17, 15) is 19.8 Å². The first kappa shape index (κ1) is 15.6. The molecule has 2 atom stereocenters. The molecule has 2 unspecified atom stereocenters. The van der Waals surface area contributed by atoms with Crippen molar-refractivity contribution in [2.24, 2.45) is 0 Å². The number of carboxylic acid groups (broad SMARTS) is 2. The van der Waals surface area contributed by atoms with Crippen molar-refractivity contribution in [2.45, 2.75) is 45.3 Å². The maximum atomic E-state index is 11.0. The van der Waals surface area contributed by atoms with Gasteiger partial charge in [0.05, 0.1) is 18.6 Å². The zero-order valence-electron chi connectivity index (χ0n) is 9.88. The van der Waals surface area contributed by atoms with Crippen LogP contribution in [0.1, 0.15) is 33.1 Å². The molecule has 0 heterocycles. The number of aliphatic hydroxyl groups excluding tert-OH is 2. The fraction of sp³-hybridized carbons (Fsp3) is 0.636. The Kier molecular flexibility index (Phi) is 6.45. The highest BCUT2D eigenvalue weighted by atomic mass is 16.4. The predicted molar refractivity (Wildman–Crippen MR) is 59.5 cm³/mol. The SMILES string of the molecule is CC(O)CC(CC(C)O)=C(CC(=O)O)C(=O)O. The molecule has 0 aliphatic carbocycles. The first-order valence-electron chi connectivity index (χ1n) is 5.26. The number of aliphatic hydroxyl groups is 2. The highest BCUT2D eigenvalue weighted by Gasteiger charge is 2.19. The minimum atomic E-state index is -1.33. The predicted octanol–water partition coefficient (Wildman–Crippen LogP) is 0.384. The molecule has 0 bridgehead atoms. The molecule has 0 spiro atoms. The lowest BCUT2D eigenvalue weighted by atomic mass is 9.95. The van der Waals surface area contributed by atoms with Crippen LogP contribution in [0.4, 0.5) is 0 Å². The maximum absolute atomic E-state index is 11.0. The van der Waals surface area contributed by atoms with Crippen LogP contribution in [-0.4, -0.2) is 44.6 Å². The van der Waals surface area contributed by atoms with Crippen LogP contribution < -0.4 is 0 Å². The smallest absolute Gasteiger partial charge is 0.332 e. The van der Waals surface area contributed by atoms with E-state index >= 15 is 0 Å². The Bertz CT molecular complexity index is 304. The average molecular weight is 246 g/mol. The number of hydrogen-bond donors (Lipinski definition) is 4. The molecule has 6 nitrogen and oxygen atoms in total. The summed E-state index contributed by atoms with van der Waals surface area (Å²) in [5.41, 5.74) is 0.00389. The first-order chi connectivity index (χ1) is 7.73. The lowest BCUT2D eigenvalue weighted by Crippen LogP contribution is -2.15. The van der Waals surface area contributed by atoms with Gasteiger partial charge in [-0.3, -0.25) is 4.79 Å². The van der Waals surface area contributed by atoms with E-state index < -0.39 is 30.6 Å². The number of carboxylic acids is 2. The van der Waals surface area contributed by atoms with Crippen molar-refractivity contribution in [1.29, 1.82) is 0 Å². The minimum absolute atomic E-state index is 0.0415. The molecule has 17 heavy (non-hydrogen) atoms. The summed E-state index contributed by atoms with van der Waals surface area (Å²) in [7, 11) is 0. The van der Waals surface area contributed by atoms with Crippen LogP contribution in [0.2, 0.25) is 0 Å². The Hall–Kier alpha value is -1.40. The molecule has 0 saturated heterocycles. The normalized spacial score (nSPS) is 13.9. The zero-order valence-corrected chi connectivity index (χ0v) is 9.88. The van der Waals surface area contributed by atoms with Gasteiger partial charge in [-0.15, -0.1) is 0 Å². The highest BCUT2D eigenvalue weighted by Crippen LogP contribution is 2.20. The van der Waals surface area contributed by atoms with E-state index in [0.29, 0.717) is 0 Å². The van der Waals surface area contributed by atoms with Crippen LogP contribution in [0.15, 0.2) is 11.1 Å². The van der Waals surface area contributed by atoms with Gasteiger partial charge in [0, 0.05) is 5.57 Å². The van der Waals surface area contributed by atoms with Crippen LogP contribution in [0, 0.1) is 0 Å². The second-order valence-corrected chi connectivity index (χ2v) is 4.06. The number of rotatable bonds is 7. The van der Waals surface area contributed by atoms with Crippen LogP contribution in [0.3, 0.4) is 0 Å². The zero-order chi connectivity index (χ0) is 13.6. The molecule has 0 aliphatic heterocycles. The Balaban J connectivity index is 5.21. The van der Waals surface area contributed by atoms with Crippen molar-refractivity contribution >= 4 is 11.9 Å². The monoisotopic (exact) mass is 246 g/mol. The van der Waals surface area contributed by atoms with Crippen LogP contribution >= 0.6 is 0 Å². The van der Waals surface area contributed by atoms with E-state index in [0.717, 1.165) is 0 Å². The molecule has 0 saturated carbocycles. The van der Waals surface area contributed by atoms with Gasteiger partial charge in [-0.05, 0) is 26.7 Å². The molecule has 0 aromatic carbocycles. The molecule has 98 valence electrons. The Morgan fingerprint density at radius 2 is 1.41 bits per heavy atom. The summed E-state index contributed by atoms with van der Waals surface area (Å²) in [6.07, 6.45) is -2.11. The Labute approximate surface area is 99.2 Å². The van der Waals surface area contributed by atoms with Crippen LogP contribution in [-0.2, 0) is 9.59 Å². The third-order valence-corrected chi connectivity index (χ3v) is 2.10. The first-order valence-corrected chi connectivity index (χ1v) is 5.26. The second kappa shape index (κ2) is 7.03. The van der Waals surface area contributed by atoms with Crippen molar-refractivity contribution in [2.75, 3.05) is 0 Å². The third kappa shape index (κ3) is 6.70. The summed E-state index contributed by atoms with van der Waals surface area (Å²) in [5, 5.41) is 36.0. The summed E-state index contributed by atoms with van der Waals surface area (Å²) in [5.74, 6) is -2.58. The van der Waals surface area contributed by atoms with Crippen molar-refractivity contribution in [3.8, 4) is 0 Å². The largest absolute Gasteiger partial charge is 0.481 e. The second-order valence-electron chi connectivity index (χ2n) is 4.06. The lowest BCUT2D eigenvalue weighted by molar-refractivity contribution is -0.139. The van der Waals surface area contributed by atoms with E-state index in [-0.39, 0.29) is 24.0 Å². The average Bonchev–Trinajstić information content (AvgIpc) is 2.10. The molecule has 0 aliphatic rings. The van der Waals surface area contributed by atoms with Gasteiger partial charge in [0.1, 0.15) is 0 Å². The number of hydrogen-bond acceptors (Lipinski definition) is 4. The standard InChI is InChI=1S/C11H18O6/c1-6(12)3-8(4-7(2)13)9(11(16)17)5-10(14)15/h6-7,12-13H,3-5H2,1-2H3,(H,14,15)(H,16,17). The topological polar surface area (TPSA) is 115 Å². The highest BCUT2D eigenvalue weighted by molar-refractivity contribution is 5.92. The molecule has 0 rings (SSSR count). The van der Waals surface area contributed by atoms with E-state index in [1.165, 1.54) is 13.8 Å². The molecular formula is C11H18O6. The maximum Gasteiger partial charge on any atom is 0.332 e. The van der Waals surface area contributed by atoms with Gasteiger partial charge < -0.3 is 20.4 Å². The summed E-state index contributed by atoms with van der Waals surface area (Å²) < 4.78 is 0. The van der Waals surface area contributed by atoms with Gasteiger partial charge in [-0.2, -0.15) is 0 Å². The van der Waals surface area contributed by atoms with Crippen LogP contribution in [0.25, 0.3) is 0 Å². The van der Waals surface area contributed by atoms with Crippen molar-refractivity contribution < 1.29 is 30.0 Å². The van der Waals surface area contributed by atoms with Crippen LogP contribution in [0.5, 0.6) is 0 Å².